The Balaban J connectivity index is 2.21. The summed E-state index contributed by atoms with van der Waals surface area (Å²) in [7, 11) is 0. The van der Waals surface area contributed by atoms with Gasteiger partial charge in [0.2, 0.25) is 0 Å². The smallest absolute Gasteiger partial charge is 0.322 e. The zero-order chi connectivity index (χ0) is 15.1. The van der Waals surface area contributed by atoms with E-state index in [1.54, 1.807) is 29.4 Å². The third kappa shape index (κ3) is 4.27. The molecular weight excluding hydrogens is 269 g/mol. The molecule has 110 valence electrons. The summed E-state index contributed by atoms with van der Waals surface area (Å²) < 4.78 is 13.1. The molecule has 1 aromatic heterocycles. The highest BCUT2D eigenvalue weighted by Crippen LogP contribution is 2.17. The van der Waals surface area contributed by atoms with Crippen molar-refractivity contribution in [3.8, 4) is 0 Å². The largest absolute Gasteiger partial charge is 0.338 e. The Morgan fingerprint density at radius 2 is 2.05 bits per heavy atom. The molecule has 1 heterocycles. The minimum Gasteiger partial charge on any atom is -0.338 e. The minimum atomic E-state index is -0.325. The van der Waals surface area contributed by atoms with Crippen molar-refractivity contribution in [2.24, 2.45) is 0 Å². The second-order valence-corrected chi connectivity index (χ2v) is 4.66. The molecule has 0 unspecified atom stereocenters. The molecule has 4 nitrogen and oxygen atoms in total. The predicted octanol–water partition coefficient (Wildman–Crippen LogP) is 3.35. The number of halogens is 1. The molecular formula is C16H18FN3O. The average Bonchev–Trinajstić information content (AvgIpc) is 2.52. The fourth-order valence-electron chi connectivity index (χ4n) is 1.90. The fraction of sp³-hybridized carbons (Fsp3) is 0.250. The van der Waals surface area contributed by atoms with Crippen molar-refractivity contribution in [2.75, 3.05) is 11.4 Å². The van der Waals surface area contributed by atoms with Gasteiger partial charge in [-0.2, -0.15) is 0 Å². The number of pyridine rings is 1. The first-order valence-electron chi connectivity index (χ1n) is 6.90. The summed E-state index contributed by atoms with van der Waals surface area (Å²) in [5.41, 5.74) is 1.56. The highest BCUT2D eigenvalue weighted by molar-refractivity contribution is 5.91. The number of nitrogens with zero attached hydrogens (tertiary/aromatic N) is 2. The molecule has 0 spiro atoms. The summed E-state index contributed by atoms with van der Waals surface area (Å²) in [6.45, 7) is 2.97. The molecule has 5 heteroatoms. The second-order valence-electron chi connectivity index (χ2n) is 4.66. The highest BCUT2D eigenvalue weighted by atomic mass is 19.1. The molecule has 0 atom stereocenters. The van der Waals surface area contributed by atoms with Crippen molar-refractivity contribution in [1.29, 1.82) is 0 Å². The Morgan fingerprint density at radius 1 is 1.29 bits per heavy atom. The number of benzene rings is 1. The Hall–Kier alpha value is -2.43. The molecule has 2 rings (SSSR count). The lowest BCUT2D eigenvalue weighted by Crippen LogP contribution is -2.40. The highest BCUT2D eigenvalue weighted by Gasteiger charge is 2.15. The van der Waals surface area contributed by atoms with Gasteiger partial charge < -0.3 is 5.32 Å². The van der Waals surface area contributed by atoms with Crippen LogP contribution in [0, 0.1) is 5.82 Å². The number of anilines is 1. The summed E-state index contributed by atoms with van der Waals surface area (Å²) in [6.07, 6.45) is 4.25. The number of hydrogen-bond acceptors (Lipinski definition) is 2. The molecule has 21 heavy (non-hydrogen) atoms. The molecule has 2 aromatic rings. The SMILES string of the molecule is CCCNC(=O)N(Cc1cccnc1)c1ccc(F)cc1. The van der Waals surface area contributed by atoms with Crippen LogP contribution in [0.2, 0.25) is 0 Å². The van der Waals surface area contributed by atoms with Crippen LogP contribution in [0.25, 0.3) is 0 Å². The maximum absolute atomic E-state index is 13.1. The van der Waals surface area contributed by atoms with Crippen LogP contribution < -0.4 is 10.2 Å². The van der Waals surface area contributed by atoms with E-state index in [-0.39, 0.29) is 11.8 Å². The van der Waals surface area contributed by atoms with E-state index in [4.69, 9.17) is 0 Å². The van der Waals surface area contributed by atoms with Crippen molar-refractivity contribution in [3.63, 3.8) is 0 Å². The molecule has 0 saturated carbocycles. The van der Waals surface area contributed by atoms with E-state index in [1.807, 2.05) is 19.1 Å². The van der Waals surface area contributed by atoms with Crippen molar-refractivity contribution >= 4 is 11.7 Å². The van der Waals surface area contributed by atoms with Gasteiger partial charge in [-0.1, -0.05) is 13.0 Å². The van der Waals surface area contributed by atoms with Crippen LogP contribution in [0.5, 0.6) is 0 Å². The minimum absolute atomic E-state index is 0.202. The molecule has 1 aromatic carbocycles. The van der Waals surface area contributed by atoms with Crippen LogP contribution in [-0.2, 0) is 6.54 Å². The van der Waals surface area contributed by atoms with Crippen molar-refractivity contribution < 1.29 is 9.18 Å². The molecule has 2 amide bonds. The molecule has 1 N–H and O–H groups in total. The number of carbonyl (C=O) groups is 1. The van der Waals surface area contributed by atoms with Crippen LogP contribution >= 0.6 is 0 Å². The monoisotopic (exact) mass is 287 g/mol. The number of hydrogen-bond donors (Lipinski definition) is 1. The van der Waals surface area contributed by atoms with Gasteiger partial charge in [-0.25, -0.2) is 9.18 Å². The van der Waals surface area contributed by atoms with Gasteiger partial charge in [0, 0.05) is 24.6 Å². The Morgan fingerprint density at radius 3 is 2.67 bits per heavy atom. The molecule has 0 saturated heterocycles. The molecule has 0 aliphatic heterocycles. The standard InChI is InChI=1S/C16H18FN3O/c1-2-9-19-16(21)20(12-13-4-3-10-18-11-13)15-7-5-14(17)6-8-15/h3-8,10-11H,2,9,12H2,1H3,(H,19,21). The van der Waals surface area contributed by atoms with Gasteiger partial charge in [-0.3, -0.25) is 9.88 Å². The van der Waals surface area contributed by atoms with E-state index in [2.05, 4.69) is 10.3 Å². The van der Waals surface area contributed by atoms with Gasteiger partial charge in [-0.15, -0.1) is 0 Å². The maximum atomic E-state index is 13.1. The summed E-state index contributed by atoms with van der Waals surface area (Å²) in [5, 5.41) is 2.84. The zero-order valence-electron chi connectivity index (χ0n) is 11.9. The van der Waals surface area contributed by atoms with Gasteiger partial charge in [0.05, 0.1) is 6.54 Å². The fourth-order valence-corrected chi connectivity index (χ4v) is 1.90. The van der Waals surface area contributed by atoms with Gasteiger partial charge in [0.1, 0.15) is 5.82 Å². The maximum Gasteiger partial charge on any atom is 0.322 e. The van der Waals surface area contributed by atoms with E-state index >= 15 is 0 Å². The summed E-state index contributed by atoms with van der Waals surface area (Å²) in [4.78, 5) is 17.9. The summed E-state index contributed by atoms with van der Waals surface area (Å²) in [6, 6.07) is 9.40. The van der Waals surface area contributed by atoms with Gasteiger partial charge in [-0.05, 0) is 42.3 Å². The lowest BCUT2D eigenvalue weighted by atomic mass is 10.2. The zero-order valence-corrected chi connectivity index (χ0v) is 11.9. The van der Waals surface area contributed by atoms with E-state index in [1.165, 1.54) is 12.1 Å². The first-order valence-corrected chi connectivity index (χ1v) is 6.90. The summed E-state index contributed by atoms with van der Waals surface area (Å²) in [5.74, 6) is -0.325. The normalized spacial score (nSPS) is 10.2. The van der Waals surface area contributed by atoms with E-state index in [0.29, 0.717) is 18.8 Å². The number of amides is 2. The Kier molecular flexibility index (Phi) is 5.26. The number of carbonyl (C=O) groups excluding carboxylic acids is 1. The average molecular weight is 287 g/mol. The molecule has 0 radical (unpaired) electrons. The van der Waals surface area contributed by atoms with Gasteiger partial charge in [0.25, 0.3) is 0 Å². The van der Waals surface area contributed by atoms with Crippen LogP contribution in [-0.4, -0.2) is 17.6 Å². The Bertz CT molecular complexity index is 572. The van der Waals surface area contributed by atoms with E-state index < -0.39 is 0 Å². The van der Waals surface area contributed by atoms with Crippen molar-refractivity contribution in [1.82, 2.24) is 10.3 Å². The number of urea groups is 1. The van der Waals surface area contributed by atoms with Crippen LogP contribution in [0.15, 0.2) is 48.8 Å². The molecule has 0 aliphatic rings. The third-order valence-corrected chi connectivity index (χ3v) is 2.97. The number of aromatic nitrogens is 1. The lowest BCUT2D eigenvalue weighted by Gasteiger charge is -2.23. The predicted molar refractivity (Wildman–Crippen MR) is 80.5 cm³/mol. The molecule has 0 bridgehead atoms. The number of nitrogens with one attached hydrogen (secondary N) is 1. The third-order valence-electron chi connectivity index (χ3n) is 2.97. The first-order chi connectivity index (χ1) is 10.2. The van der Waals surface area contributed by atoms with Crippen molar-refractivity contribution in [3.05, 3.63) is 60.2 Å². The lowest BCUT2D eigenvalue weighted by molar-refractivity contribution is 0.246. The second kappa shape index (κ2) is 7.38. The molecule has 0 fully saturated rings. The topological polar surface area (TPSA) is 45.2 Å². The van der Waals surface area contributed by atoms with Crippen LogP contribution in [0.4, 0.5) is 14.9 Å². The summed E-state index contributed by atoms with van der Waals surface area (Å²) >= 11 is 0. The van der Waals surface area contributed by atoms with Gasteiger partial charge >= 0.3 is 6.03 Å². The van der Waals surface area contributed by atoms with E-state index in [0.717, 1.165) is 12.0 Å². The van der Waals surface area contributed by atoms with Crippen LogP contribution in [0.3, 0.4) is 0 Å². The first kappa shape index (κ1) is 15.0. The van der Waals surface area contributed by atoms with E-state index in [9.17, 15) is 9.18 Å². The van der Waals surface area contributed by atoms with Gasteiger partial charge in [0.15, 0.2) is 0 Å². The van der Waals surface area contributed by atoms with Crippen LogP contribution in [0.1, 0.15) is 18.9 Å². The molecule has 0 aliphatic carbocycles. The number of rotatable bonds is 5. The quantitative estimate of drug-likeness (QED) is 0.916. The Labute approximate surface area is 123 Å². The van der Waals surface area contributed by atoms with Crippen molar-refractivity contribution in [2.45, 2.75) is 19.9 Å².